The van der Waals surface area contributed by atoms with Gasteiger partial charge in [0.1, 0.15) is 11.4 Å². The number of hydrogen-bond donors (Lipinski definition) is 3. The van der Waals surface area contributed by atoms with Crippen molar-refractivity contribution in [3.8, 4) is 5.75 Å². The maximum Gasteiger partial charge on any atom is 0.192 e. The number of ether oxygens (including phenoxy) is 1. The Bertz CT molecular complexity index is 859. The van der Waals surface area contributed by atoms with Crippen LogP contribution < -0.4 is 15.4 Å². The van der Waals surface area contributed by atoms with E-state index in [1.165, 1.54) is 18.4 Å². The summed E-state index contributed by atoms with van der Waals surface area (Å²) in [6, 6.07) is 16.4. The number of guanidine groups is 1. The highest BCUT2D eigenvalue weighted by Crippen LogP contribution is 2.46. The van der Waals surface area contributed by atoms with Gasteiger partial charge in [0.15, 0.2) is 5.96 Å². The first-order valence-electron chi connectivity index (χ1n) is 10.7. The molecule has 1 fully saturated rings. The lowest BCUT2D eigenvalue weighted by Gasteiger charge is -2.40. The lowest BCUT2D eigenvalue weighted by atomic mass is 9.86. The molecule has 1 heterocycles. The lowest BCUT2D eigenvalue weighted by molar-refractivity contribution is 0.0396. The molecule has 5 heteroatoms. The third-order valence-corrected chi connectivity index (χ3v) is 6.06. The second-order valence-corrected chi connectivity index (χ2v) is 8.05. The largest absolute Gasteiger partial charge is 0.487 e. The molecule has 4 rings (SSSR count). The Balaban J connectivity index is 1.57. The molecule has 0 aromatic heterocycles. The van der Waals surface area contributed by atoms with Crippen molar-refractivity contribution in [3.05, 3.63) is 65.2 Å². The fourth-order valence-corrected chi connectivity index (χ4v) is 4.59. The van der Waals surface area contributed by atoms with Crippen molar-refractivity contribution in [3.63, 3.8) is 0 Å². The van der Waals surface area contributed by atoms with Gasteiger partial charge >= 0.3 is 0 Å². The van der Waals surface area contributed by atoms with E-state index in [9.17, 15) is 5.11 Å². The number of para-hydroxylation sites is 1. The van der Waals surface area contributed by atoms with Crippen LogP contribution in [0, 0.1) is 0 Å². The van der Waals surface area contributed by atoms with Gasteiger partial charge in [-0.15, -0.1) is 0 Å². The molecule has 0 amide bonds. The Kier molecular flexibility index (Phi) is 6.05. The van der Waals surface area contributed by atoms with Crippen molar-refractivity contribution in [2.24, 2.45) is 4.99 Å². The Labute approximate surface area is 173 Å². The normalized spacial score (nSPS) is 20.2. The number of rotatable bonds is 5. The number of aliphatic hydroxyl groups is 1. The zero-order valence-electron chi connectivity index (χ0n) is 17.2. The highest BCUT2D eigenvalue weighted by Gasteiger charge is 2.43. The molecule has 1 atom stereocenters. The zero-order chi connectivity index (χ0) is 20.1. The average molecular weight is 394 g/mol. The summed E-state index contributed by atoms with van der Waals surface area (Å²) in [5.74, 6) is 1.80. The molecule has 1 aliphatic heterocycles. The third-order valence-electron chi connectivity index (χ3n) is 6.06. The van der Waals surface area contributed by atoms with E-state index in [1.807, 2.05) is 24.3 Å². The third kappa shape index (κ3) is 4.40. The number of benzene rings is 2. The predicted molar refractivity (Wildman–Crippen MR) is 116 cm³/mol. The van der Waals surface area contributed by atoms with Crippen molar-refractivity contribution in [2.75, 3.05) is 6.54 Å². The van der Waals surface area contributed by atoms with Gasteiger partial charge < -0.3 is 20.5 Å². The van der Waals surface area contributed by atoms with Crippen LogP contribution >= 0.6 is 0 Å². The van der Waals surface area contributed by atoms with Gasteiger partial charge in [0.2, 0.25) is 0 Å². The average Bonchev–Trinajstić information content (AvgIpc) is 3.19. The first-order valence-corrected chi connectivity index (χ1v) is 10.7. The van der Waals surface area contributed by atoms with Gasteiger partial charge in [0.05, 0.1) is 19.2 Å². The lowest BCUT2D eigenvalue weighted by Crippen LogP contribution is -2.46. The molecule has 1 unspecified atom stereocenters. The van der Waals surface area contributed by atoms with Crippen molar-refractivity contribution in [1.82, 2.24) is 10.6 Å². The summed E-state index contributed by atoms with van der Waals surface area (Å²) >= 11 is 0. The van der Waals surface area contributed by atoms with Crippen molar-refractivity contribution in [2.45, 2.75) is 63.8 Å². The summed E-state index contributed by atoms with van der Waals surface area (Å²) in [6.45, 7) is 3.44. The molecule has 2 aliphatic rings. The van der Waals surface area contributed by atoms with E-state index in [2.05, 4.69) is 41.8 Å². The summed E-state index contributed by atoms with van der Waals surface area (Å²) in [4.78, 5) is 4.82. The minimum Gasteiger partial charge on any atom is -0.487 e. The van der Waals surface area contributed by atoms with Crippen LogP contribution in [0.4, 0.5) is 0 Å². The summed E-state index contributed by atoms with van der Waals surface area (Å²) in [5.41, 5.74) is 3.12. The van der Waals surface area contributed by atoms with E-state index >= 15 is 0 Å². The minimum absolute atomic E-state index is 0.0333. The van der Waals surface area contributed by atoms with Gasteiger partial charge in [-0.05, 0) is 49.8 Å². The Morgan fingerprint density at radius 1 is 1.10 bits per heavy atom. The van der Waals surface area contributed by atoms with Crippen LogP contribution in [0.1, 0.15) is 61.8 Å². The Morgan fingerprint density at radius 3 is 2.59 bits per heavy atom. The second kappa shape index (κ2) is 8.87. The Morgan fingerprint density at radius 2 is 1.83 bits per heavy atom. The molecule has 1 spiro atoms. The Hall–Kier alpha value is -2.53. The van der Waals surface area contributed by atoms with Crippen molar-refractivity contribution in [1.29, 1.82) is 0 Å². The smallest absolute Gasteiger partial charge is 0.192 e. The highest BCUT2D eigenvalue weighted by molar-refractivity contribution is 5.80. The number of nitrogens with one attached hydrogen (secondary N) is 2. The van der Waals surface area contributed by atoms with Gasteiger partial charge in [-0.3, -0.25) is 0 Å². The molecule has 154 valence electrons. The fraction of sp³-hybridized carbons (Fsp3) is 0.458. The summed E-state index contributed by atoms with van der Waals surface area (Å²) in [6.07, 6.45) is 5.68. The molecule has 29 heavy (non-hydrogen) atoms. The number of fused-ring (bicyclic) bond motifs is 1. The first kappa shape index (κ1) is 19.8. The van der Waals surface area contributed by atoms with Crippen LogP contribution in [-0.4, -0.2) is 23.2 Å². The molecule has 1 saturated carbocycles. The predicted octanol–water partition coefficient (Wildman–Crippen LogP) is 4.07. The van der Waals surface area contributed by atoms with Crippen LogP contribution in [0.3, 0.4) is 0 Å². The van der Waals surface area contributed by atoms with Crippen LogP contribution in [0.15, 0.2) is 53.5 Å². The number of hydrogen-bond acceptors (Lipinski definition) is 3. The summed E-state index contributed by atoms with van der Waals surface area (Å²) in [5, 5.41) is 16.6. The maximum absolute atomic E-state index is 9.58. The molecule has 5 nitrogen and oxygen atoms in total. The molecule has 0 saturated heterocycles. The number of aliphatic hydroxyl groups excluding tert-OH is 1. The highest BCUT2D eigenvalue weighted by atomic mass is 16.5. The van der Waals surface area contributed by atoms with E-state index < -0.39 is 0 Å². The minimum atomic E-state index is -0.0488. The quantitative estimate of drug-likeness (QED) is 0.529. The van der Waals surface area contributed by atoms with Gasteiger partial charge in [-0.1, -0.05) is 42.5 Å². The van der Waals surface area contributed by atoms with Gasteiger partial charge in [-0.25, -0.2) is 4.99 Å². The summed E-state index contributed by atoms with van der Waals surface area (Å²) in [7, 11) is 0. The second-order valence-electron chi connectivity index (χ2n) is 8.05. The van der Waals surface area contributed by atoms with E-state index in [0.717, 1.165) is 48.6 Å². The molecule has 2 aromatic carbocycles. The van der Waals surface area contributed by atoms with Gasteiger partial charge in [0.25, 0.3) is 0 Å². The topological polar surface area (TPSA) is 65.9 Å². The van der Waals surface area contributed by atoms with E-state index in [4.69, 9.17) is 9.73 Å². The molecule has 0 radical (unpaired) electrons. The number of nitrogens with zero attached hydrogens (tertiary/aromatic N) is 1. The molecule has 3 N–H and O–H groups in total. The standard InChI is InChI=1S/C24H31N3O2/c1-2-25-23(26-16-18-9-3-4-10-19(18)17-28)27-21-15-24(13-7-8-14-24)29-22-12-6-5-11-20(21)22/h3-6,9-12,21,28H,2,7-8,13-17H2,1H3,(H2,25,26,27). The summed E-state index contributed by atoms with van der Waals surface area (Å²) < 4.78 is 6.48. The van der Waals surface area contributed by atoms with Crippen LogP contribution in [-0.2, 0) is 13.2 Å². The maximum atomic E-state index is 9.58. The number of aliphatic imine (C=N–C) groups is 1. The molecule has 2 aromatic rings. The molecule has 1 aliphatic carbocycles. The van der Waals surface area contributed by atoms with Crippen LogP contribution in [0.2, 0.25) is 0 Å². The van der Waals surface area contributed by atoms with Gasteiger partial charge in [-0.2, -0.15) is 0 Å². The van der Waals surface area contributed by atoms with E-state index in [1.54, 1.807) is 0 Å². The van der Waals surface area contributed by atoms with E-state index in [0.29, 0.717) is 6.54 Å². The van der Waals surface area contributed by atoms with Gasteiger partial charge in [0, 0.05) is 18.5 Å². The zero-order valence-corrected chi connectivity index (χ0v) is 17.2. The van der Waals surface area contributed by atoms with Crippen LogP contribution in [0.5, 0.6) is 5.75 Å². The van der Waals surface area contributed by atoms with Crippen LogP contribution in [0.25, 0.3) is 0 Å². The van der Waals surface area contributed by atoms with Crippen molar-refractivity contribution < 1.29 is 9.84 Å². The fourth-order valence-electron chi connectivity index (χ4n) is 4.59. The molecular weight excluding hydrogens is 362 g/mol. The van der Waals surface area contributed by atoms with E-state index in [-0.39, 0.29) is 18.2 Å². The molecular formula is C24H31N3O2. The molecule has 0 bridgehead atoms. The SMILES string of the molecule is CCNC(=NCc1ccccc1CO)NC1CC2(CCCC2)Oc2ccccc21. The monoisotopic (exact) mass is 393 g/mol. The van der Waals surface area contributed by atoms with Crippen molar-refractivity contribution >= 4 is 5.96 Å². The first-order chi connectivity index (χ1) is 14.2.